The first-order valence-electron chi connectivity index (χ1n) is 11.7. The number of nitrogens with one attached hydrogen (secondary N) is 2. The van der Waals surface area contributed by atoms with Gasteiger partial charge in [0, 0.05) is 4.88 Å². The minimum Gasteiger partial charge on any atom is -0.462 e. The van der Waals surface area contributed by atoms with Crippen LogP contribution in [0.2, 0.25) is 0 Å². The van der Waals surface area contributed by atoms with Gasteiger partial charge < -0.3 is 15.0 Å². The number of thiophene rings is 1. The maximum absolute atomic E-state index is 13.1. The number of anilines is 1. The number of aromatic amines is 1. The molecule has 0 saturated carbocycles. The van der Waals surface area contributed by atoms with E-state index in [0.717, 1.165) is 52.7 Å². The number of benzene rings is 1. The van der Waals surface area contributed by atoms with Gasteiger partial charge in [0.05, 0.1) is 29.3 Å². The van der Waals surface area contributed by atoms with Crippen LogP contribution in [0.1, 0.15) is 46.6 Å². The lowest BCUT2D eigenvalue weighted by Gasteiger charge is -2.12. The highest BCUT2D eigenvalue weighted by molar-refractivity contribution is 8.00. The highest BCUT2D eigenvalue weighted by atomic mass is 32.2. The van der Waals surface area contributed by atoms with Gasteiger partial charge in [0.15, 0.2) is 10.8 Å². The summed E-state index contributed by atoms with van der Waals surface area (Å²) in [5, 5.41) is 7.86. The van der Waals surface area contributed by atoms with E-state index in [4.69, 9.17) is 4.74 Å². The molecule has 1 amide bonds. The molecule has 1 unspecified atom stereocenters. The number of hydrogen-bond acceptors (Lipinski definition) is 8. The molecule has 3 heterocycles. The van der Waals surface area contributed by atoms with Gasteiger partial charge >= 0.3 is 5.97 Å². The molecule has 9 nitrogen and oxygen atoms in total. The van der Waals surface area contributed by atoms with Crippen LogP contribution in [0.25, 0.3) is 16.7 Å². The van der Waals surface area contributed by atoms with Crippen LogP contribution in [0, 0.1) is 6.92 Å². The standard InChI is InChI=1S/C25H25N5O4S2/c1-4-34-24(33)19-16-9-6-10-18(16)36-23(19)28-21(31)14(3)35-25-27-20-17(22(32)29-25)12-26-30(20)15-8-5-7-13(2)11-15/h5,7-8,11-12,14H,4,6,9-10H2,1-3H3,(H,28,31)(H,27,29,32). The molecule has 1 aromatic carbocycles. The quantitative estimate of drug-likeness (QED) is 0.211. The number of nitrogens with zero attached hydrogens (tertiary/aromatic N) is 3. The van der Waals surface area contributed by atoms with Crippen molar-refractivity contribution in [2.24, 2.45) is 0 Å². The maximum atomic E-state index is 13.1. The third-order valence-electron chi connectivity index (χ3n) is 5.96. The molecule has 0 radical (unpaired) electrons. The number of esters is 1. The van der Waals surface area contributed by atoms with E-state index in [0.29, 0.717) is 26.8 Å². The van der Waals surface area contributed by atoms with E-state index >= 15 is 0 Å². The van der Waals surface area contributed by atoms with Gasteiger partial charge in [0.2, 0.25) is 5.91 Å². The molecule has 186 valence electrons. The topological polar surface area (TPSA) is 119 Å². The van der Waals surface area contributed by atoms with Crippen LogP contribution in [-0.4, -0.2) is 43.5 Å². The molecule has 2 N–H and O–H groups in total. The van der Waals surface area contributed by atoms with Crippen molar-refractivity contribution in [3.8, 4) is 5.69 Å². The Bertz CT molecular complexity index is 1540. The Morgan fingerprint density at radius 1 is 1.33 bits per heavy atom. The van der Waals surface area contributed by atoms with Gasteiger partial charge in [-0.1, -0.05) is 23.9 Å². The smallest absolute Gasteiger partial charge is 0.341 e. The number of thioether (sulfide) groups is 1. The van der Waals surface area contributed by atoms with E-state index in [9.17, 15) is 14.4 Å². The molecular weight excluding hydrogens is 498 g/mol. The van der Waals surface area contributed by atoms with E-state index in [1.54, 1.807) is 18.5 Å². The number of fused-ring (bicyclic) bond motifs is 2. The molecule has 0 aliphatic heterocycles. The van der Waals surface area contributed by atoms with Crippen molar-refractivity contribution >= 4 is 51.0 Å². The number of carbonyl (C=O) groups is 2. The molecule has 0 saturated heterocycles. The van der Waals surface area contributed by atoms with Gasteiger partial charge in [-0.2, -0.15) is 5.10 Å². The summed E-state index contributed by atoms with van der Waals surface area (Å²) in [6, 6.07) is 7.74. The number of amides is 1. The predicted molar refractivity (Wildman–Crippen MR) is 140 cm³/mol. The number of aryl methyl sites for hydroxylation is 2. The summed E-state index contributed by atoms with van der Waals surface area (Å²) >= 11 is 2.57. The fourth-order valence-electron chi connectivity index (χ4n) is 4.25. The second kappa shape index (κ2) is 9.90. The van der Waals surface area contributed by atoms with E-state index in [2.05, 4.69) is 20.4 Å². The Labute approximate surface area is 215 Å². The lowest BCUT2D eigenvalue weighted by molar-refractivity contribution is -0.115. The Balaban J connectivity index is 1.39. The number of carbonyl (C=O) groups excluding carboxylic acids is 2. The fourth-order valence-corrected chi connectivity index (χ4v) is 6.32. The van der Waals surface area contributed by atoms with Crippen LogP contribution >= 0.6 is 23.1 Å². The molecule has 0 spiro atoms. The molecule has 4 aromatic rings. The SMILES string of the molecule is CCOC(=O)c1c(NC(=O)C(C)Sc2nc3c(cnn3-c3cccc(C)c3)c(=O)[nH]2)sc2c1CCC2. The Morgan fingerprint density at radius 2 is 2.17 bits per heavy atom. The number of ether oxygens (including phenoxy) is 1. The molecule has 1 atom stereocenters. The first-order valence-corrected chi connectivity index (χ1v) is 13.4. The van der Waals surface area contributed by atoms with Gasteiger partial charge in [-0.25, -0.2) is 14.5 Å². The second-order valence-electron chi connectivity index (χ2n) is 8.54. The summed E-state index contributed by atoms with van der Waals surface area (Å²) < 4.78 is 6.86. The van der Waals surface area contributed by atoms with E-state index in [1.807, 2.05) is 31.2 Å². The molecule has 0 fully saturated rings. The van der Waals surface area contributed by atoms with Crippen molar-refractivity contribution in [3.05, 3.63) is 62.4 Å². The first-order chi connectivity index (χ1) is 17.4. The molecule has 36 heavy (non-hydrogen) atoms. The lowest BCUT2D eigenvalue weighted by atomic mass is 10.1. The van der Waals surface area contributed by atoms with Gasteiger partial charge in [-0.15, -0.1) is 11.3 Å². The highest BCUT2D eigenvalue weighted by Gasteiger charge is 2.29. The zero-order valence-corrected chi connectivity index (χ0v) is 21.7. The minimum absolute atomic E-state index is 0.268. The van der Waals surface area contributed by atoms with Gasteiger partial charge in [0.25, 0.3) is 5.56 Å². The van der Waals surface area contributed by atoms with Crippen LogP contribution in [0.5, 0.6) is 0 Å². The average molecular weight is 524 g/mol. The number of H-pyrrole nitrogens is 1. The van der Waals surface area contributed by atoms with Crippen LogP contribution < -0.4 is 10.9 Å². The highest BCUT2D eigenvalue weighted by Crippen LogP contribution is 2.40. The zero-order valence-electron chi connectivity index (χ0n) is 20.1. The summed E-state index contributed by atoms with van der Waals surface area (Å²) in [7, 11) is 0. The van der Waals surface area contributed by atoms with Crippen molar-refractivity contribution in [1.82, 2.24) is 19.7 Å². The van der Waals surface area contributed by atoms with Crippen LogP contribution in [0.15, 0.2) is 40.4 Å². The second-order valence-corrected chi connectivity index (χ2v) is 11.0. The van der Waals surface area contributed by atoms with Crippen LogP contribution in [0.3, 0.4) is 0 Å². The van der Waals surface area contributed by atoms with Gasteiger partial charge in [0.1, 0.15) is 10.4 Å². The van der Waals surface area contributed by atoms with E-state index in [-0.39, 0.29) is 18.1 Å². The normalized spacial score (nSPS) is 13.5. The largest absolute Gasteiger partial charge is 0.462 e. The predicted octanol–water partition coefficient (Wildman–Crippen LogP) is 4.26. The van der Waals surface area contributed by atoms with E-state index < -0.39 is 11.2 Å². The summed E-state index contributed by atoms with van der Waals surface area (Å²) in [5.41, 5.74) is 3.39. The van der Waals surface area contributed by atoms with Crippen LogP contribution in [0.4, 0.5) is 5.00 Å². The Hall–Kier alpha value is -3.44. The molecule has 1 aliphatic rings. The van der Waals surface area contributed by atoms with Crippen molar-refractivity contribution in [1.29, 1.82) is 0 Å². The zero-order chi connectivity index (χ0) is 25.4. The summed E-state index contributed by atoms with van der Waals surface area (Å²) in [5.74, 6) is -0.700. The minimum atomic E-state index is -0.590. The molecule has 11 heteroatoms. The Kier molecular flexibility index (Phi) is 6.67. The number of aromatic nitrogens is 4. The molecule has 0 bridgehead atoms. The molecule has 1 aliphatic carbocycles. The summed E-state index contributed by atoms with van der Waals surface area (Å²) in [6.07, 6.45) is 4.18. The van der Waals surface area contributed by atoms with Crippen molar-refractivity contribution in [2.45, 2.75) is 50.4 Å². The van der Waals surface area contributed by atoms with Crippen LogP contribution in [-0.2, 0) is 22.4 Å². The maximum Gasteiger partial charge on any atom is 0.341 e. The monoisotopic (exact) mass is 523 g/mol. The number of rotatable bonds is 7. The van der Waals surface area contributed by atoms with Gasteiger partial charge in [-0.3, -0.25) is 9.59 Å². The third-order valence-corrected chi connectivity index (χ3v) is 8.15. The Morgan fingerprint density at radius 3 is 2.94 bits per heavy atom. The van der Waals surface area contributed by atoms with Crippen molar-refractivity contribution in [3.63, 3.8) is 0 Å². The fraction of sp³-hybridized carbons (Fsp3) is 0.320. The average Bonchev–Trinajstić information content (AvgIpc) is 3.54. The molecule has 5 rings (SSSR count). The summed E-state index contributed by atoms with van der Waals surface area (Å²) in [4.78, 5) is 46.9. The third kappa shape index (κ3) is 4.56. The molecular formula is C25H25N5O4S2. The molecule has 3 aromatic heterocycles. The number of hydrogen-bond donors (Lipinski definition) is 2. The van der Waals surface area contributed by atoms with Crippen molar-refractivity contribution < 1.29 is 14.3 Å². The van der Waals surface area contributed by atoms with E-state index in [1.165, 1.54) is 17.5 Å². The summed E-state index contributed by atoms with van der Waals surface area (Å²) in [6.45, 7) is 5.74. The van der Waals surface area contributed by atoms with Crippen molar-refractivity contribution in [2.75, 3.05) is 11.9 Å². The first kappa shape index (κ1) is 24.3. The van der Waals surface area contributed by atoms with Gasteiger partial charge in [-0.05, 0) is 63.3 Å². The lowest BCUT2D eigenvalue weighted by Crippen LogP contribution is -2.24.